The molecule has 4 rings (SSSR count). The Labute approximate surface area is 188 Å². The lowest BCUT2D eigenvalue weighted by Gasteiger charge is -2.21. The van der Waals surface area contributed by atoms with Crippen LogP contribution in [0.5, 0.6) is 0 Å². The summed E-state index contributed by atoms with van der Waals surface area (Å²) in [7, 11) is -3.63. The van der Waals surface area contributed by atoms with Crippen molar-refractivity contribution in [1.29, 1.82) is 0 Å². The highest BCUT2D eigenvalue weighted by molar-refractivity contribution is 7.89. The van der Waals surface area contributed by atoms with Gasteiger partial charge in [0.05, 0.1) is 4.90 Å². The molecule has 0 atom stereocenters. The lowest BCUT2D eigenvalue weighted by atomic mass is 10.1. The number of aryl methyl sites for hydroxylation is 1. The number of nitrogens with zero attached hydrogens (tertiary/aromatic N) is 2. The van der Waals surface area contributed by atoms with Gasteiger partial charge in [0.15, 0.2) is 0 Å². The van der Waals surface area contributed by atoms with Crippen molar-refractivity contribution in [2.24, 2.45) is 0 Å². The monoisotopic (exact) mass is 456 g/mol. The Bertz CT molecular complexity index is 1120. The molecule has 2 aliphatic heterocycles. The second kappa shape index (κ2) is 9.30. The Morgan fingerprint density at radius 2 is 1.75 bits per heavy atom. The molecule has 0 unspecified atom stereocenters. The summed E-state index contributed by atoms with van der Waals surface area (Å²) in [6.45, 7) is 3.91. The molecule has 2 heterocycles. The van der Waals surface area contributed by atoms with Crippen LogP contribution in [0.15, 0.2) is 47.4 Å². The van der Waals surface area contributed by atoms with E-state index in [1.54, 1.807) is 52.5 Å². The molecule has 0 bridgehead atoms. The van der Waals surface area contributed by atoms with Gasteiger partial charge in [-0.1, -0.05) is 25.0 Å². The molecule has 2 aromatic carbocycles. The van der Waals surface area contributed by atoms with E-state index in [2.05, 4.69) is 10.6 Å². The molecule has 0 spiro atoms. The molecular weight excluding hydrogens is 428 g/mol. The maximum Gasteiger partial charge on any atom is 0.321 e. The fourth-order valence-corrected chi connectivity index (χ4v) is 5.88. The number of hydrogen-bond acceptors (Lipinski definition) is 4. The zero-order valence-corrected chi connectivity index (χ0v) is 19.0. The van der Waals surface area contributed by atoms with E-state index in [1.807, 2.05) is 0 Å². The number of hydrogen-bond donors (Lipinski definition) is 2. The number of sulfonamides is 1. The van der Waals surface area contributed by atoms with Crippen molar-refractivity contribution >= 4 is 33.3 Å². The van der Waals surface area contributed by atoms with E-state index in [-0.39, 0.29) is 16.8 Å². The highest BCUT2D eigenvalue weighted by Crippen LogP contribution is 2.26. The third-order valence-corrected chi connectivity index (χ3v) is 7.95. The van der Waals surface area contributed by atoms with E-state index in [0.29, 0.717) is 48.7 Å². The van der Waals surface area contributed by atoms with E-state index < -0.39 is 10.0 Å². The molecular formula is C23H28N4O4S. The van der Waals surface area contributed by atoms with Gasteiger partial charge in [0.1, 0.15) is 0 Å². The van der Waals surface area contributed by atoms with Crippen molar-refractivity contribution in [1.82, 2.24) is 9.62 Å². The predicted molar refractivity (Wildman–Crippen MR) is 124 cm³/mol. The molecule has 0 aliphatic carbocycles. The van der Waals surface area contributed by atoms with Crippen LogP contribution < -0.4 is 15.5 Å². The fraction of sp³-hybridized carbons (Fsp3) is 0.391. The molecule has 0 radical (unpaired) electrons. The fourth-order valence-electron chi connectivity index (χ4n) is 4.11. The van der Waals surface area contributed by atoms with Gasteiger partial charge in [-0.05, 0) is 55.7 Å². The Morgan fingerprint density at radius 1 is 1.00 bits per heavy atom. The van der Waals surface area contributed by atoms with E-state index in [1.165, 1.54) is 6.07 Å². The van der Waals surface area contributed by atoms with Crippen molar-refractivity contribution in [2.45, 2.75) is 37.5 Å². The Kier molecular flexibility index (Phi) is 6.48. The van der Waals surface area contributed by atoms with Crippen LogP contribution in [0.1, 0.15) is 41.6 Å². The Hall–Kier alpha value is -2.91. The maximum absolute atomic E-state index is 13.3. The number of rotatable bonds is 5. The van der Waals surface area contributed by atoms with Gasteiger partial charge < -0.3 is 10.6 Å². The van der Waals surface area contributed by atoms with Crippen LogP contribution in [-0.4, -0.2) is 50.8 Å². The van der Waals surface area contributed by atoms with Crippen LogP contribution in [0.3, 0.4) is 0 Å². The number of benzene rings is 2. The molecule has 3 amide bonds. The number of nitrogens with one attached hydrogen (secondary N) is 2. The lowest BCUT2D eigenvalue weighted by molar-refractivity contribution is 0.102. The third-order valence-electron chi connectivity index (χ3n) is 5.91. The molecule has 2 N–H and O–H groups in total. The first-order valence-corrected chi connectivity index (χ1v) is 12.4. The van der Waals surface area contributed by atoms with Crippen molar-refractivity contribution in [3.63, 3.8) is 0 Å². The first kappa shape index (κ1) is 22.3. The number of anilines is 2. The van der Waals surface area contributed by atoms with Gasteiger partial charge in [0, 0.05) is 43.1 Å². The summed E-state index contributed by atoms with van der Waals surface area (Å²) in [5, 5.41) is 5.54. The summed E-state index contributed by atoms with van der Waals surface area (Å²) in [4.78, 5) is 26.6. The molecule has 2 fully saturated rings. The summed E-state index contributed by atoms with van der Waals surface area (Å²) in [6.07, 6.45) is 3.80. The molecule has 2 aliphatic rings. The summed E-state index contributed by atoms with van der Waals surface area (Å²) in [5.74, 6) is -0.367. The Morgan fingerprint density at radius 3 is 2.44 bits per heavy atom. The van der Waals surface area contributed by atoms with Crippen LogP contribution in [0, 0.1) is 6.92 Å². The number of carbonyl (C=O) groups excluding carboxylic acids is 2. The summed E-state index contributed by atoms with van der Waals surface area (Å²) < 4.78 is 28.1. The number of carbonyl (C=O) groups is 2. The number of urea groups is 1. The smallest absolute Gasteiger partial charge is 0.321 e. The standard InChI is InChI=1S/C23H28N4O4S/c1-17-9-10-19(16-21(17)32(30,31)26-12-4-2-3-5-13-26)25-22(28)18-7-6-8-20(15-18)27-14-11-24-23(27)29/h6-10,15-16H,2-5,11-14H2,1H3,(H,24,29)(H,25,28). The molecule has 170 valence electrons. The van der Waals surface area contributed by atoms with Crippen LogP contribution in [0.25, 0.3) is 0 Å². The van der Waals surface area contributed by atoms with Gasteiger partial charge in [-0.25, -0.2) is 13.2 Å². The van der Waals surface area contributed by atoms with Gasteiger partial charge in [-0.3, -0.25) is 9.69 Å². The molecule has 32 heavy (non-hydrogen) atoms. The minimum atomic E-state index is -3.63. The van der Waals surface area contributed by atoms with Gasteiger partial charge in [0.2, 0.25) is 10.0 Å². The predicted octanol–water partition coefficient (Wildman–Crippen LogP) is 3.34. The second-order valence-corrected chi connectivity index (χ2v) is 10.1. The van der Waals surface area contributed by atoms with Crippen molar-refractivity contribution in [2.75, 3.05) is 36.4 Å². The molecule has 0 aromatic heterocycles. The molecule has 8 nitrogen and oxygen atoms in total. The van der Waals surface area contributed by atoms with Crippen LogP contribution in [0.4, 0.5) is 16.2 Å². The first-order valence-electron chi connectivity index (χ1n) is 10.9. The zero-order valence-electron chi connectivity index (χ0n) is 18.1. The first-order chi connectivity index (χ1) is 15.4. The summed E-state index contributed by atoms with van der Waals surface area (Å²) in [6, 6.07) is 11.6. The SMILES string of the molecule is Cc1ccc(NC(=O)c2cccc(N3CCNC3=O)c2)cc1S(=O)(=O)N1CCCCCC1. The second-order valence-electron chi connectivity index (χ2n) is 8.19. The van der Waals surface area contributed by atoms with Crippen molar-refractivity contribution in [3.05, 3.63) is 53.6 Å². The van der Waals surface area contributed by atoms with Crippen molar-refractivity contribution in [3.8, 4) is 0 Å². The molecule has 9 heteroatoms. The summed E-state index contributed by atoms with van der Waals surface area (Å²) >= 11 is 0. The van der Waals surface area contributed by atoms with E-state index >= 15 is 0 Å². The minimum Gasteiger partial charge on any atom is -0.336 e. The quantitative estimate of drug-likeness (QED) is 0.721. The molecule has 0 saturated carbocycles. The largest absolute Gasteiger partial charge is 0.336 e. The highest BCUT2D eigenvalue weighted by atomic mass is 32.2. The van der Waals surface area contributed by atoms with E-state index in [0.717, 1.165) is 25.7 Å². The average Bonchev–Trinajstić information content (AvgIpc) is 3.03. The van der Waals surface area contributed by atoms with Gasteiger partial charge in [-0.15, -0.1) is 0 Å². The lowest BCUT2D eigenvalue weighted by Crippen LogP contribution is -2.32. The zero-order chi connectivity index (χ0) is 22.7. The molecule has 2 saturated heterocycles. The normalized spacial score (nSPS) is 17.7. The van der Waals surface area contributed by atoms with Crippen LogP contribution in [-0.2, 0) is 10.0 Å². The van der Waals surface area contributed by atoms with Crippen LogP contribution >= 0.6 is 0 Å². The molecule has 2 aromatic rings. The van der Waals surface area contributed by atoms with E-state index in [9.17, 15) is 18.0 Å². The topological polar surface area (TPSA) is 98.8 Å². The maximum atomic E-state index is 13.3. The summed E-state index contributed by atoms with van der Waals surface area (Å²) in [5.41, 5.74) is 2.09. The van der Waals surface area contributed by atoms with Gasteiger partial charge in [0.25, 0.3) is 5.91 Å². The van der Waals surface area contributed by atoms with E-state index in [4.69, 9.17) is 0 Å². The number of amides is 3. The third kappa shape index (κ3) is 4.63. The average molecular weight is 457 g/mol. The Balaban J connectivity index is 1.55. The van der Waals surface area contributed by atoms with Gasteiger partial charge in [-0.2, -0.15) is 4.31 Å². The van der Waals surface area contributed by atoms with Gasteiger partial charge >= 0.3 is 6.03 Å². The minimum absolute atomic E-state index is 0.190. The highest BCUT2D eigenvalue weighted by Gasteiger charge is 2.27. The van der Waals surface area contributed by atoms with Crippen LogP contribution in [0.2, 0.25) is 0 Å². The van der Waals surface area contributed by atoms with Crippen molar-refractivity contribution < 1.29 is 18.0 Å².